The molecule has 152 valence electrons. The molecule has 10 heteroatoms. The number of nitrogen functional groups attached to an aromatic ring is 1. The molecule has 0 spiro atoms. The molecule has 0 aliphatic carbocycles. The SMILES string of the molecule is C[n+]1nc(-c2nc(-c3cccc(OC(F)(F)F)c3)cnc2N)oc1-c1ccccc1. The molecule has 2 heterocycles. The number of aryl methyl sites for hydroxylation is 1. The molecule has 0 radical (unpaired) electrons. The fraction of sp³-hybridized carbons (Fsp3) is 0.100. The van der Waals surface area contributed by atoms with Gasteiger partial charge in [0.25, 0.3) is 0 Å². The van der Waals surface area contributed by atoms with Crippen LogP contribution in [0.25, 0.3) is 34.3 Å². The van der Waals surface area contributed by atoms with Gasteiger partial charge in [0.1, 0.15) is 5.75 Å². The monoisotopic (exact) mass is 414 g/mol. The zero-order valence-electron chi connectivity index (χ0n) is 15.6. The maximum Gasteiger partial charge on any atom is 0.573 e. The number of hydrogen-bond donors (Lipinski definition) is 1. The second kappa shape index (κ2) is 7.47. The molecule has 2 N–H and O–H groups in total. The molecule has 0 fully saturated rings. The van der Waals surface area contributed by atoms with E-state index in [4.69, 9.17) is 10.2 Å². The highest BCUT2D eigenvalue weighted by Gasteiger charge is 2.31. The second-order valence-corrected chi connectivity index (χ2v) is 6.27. The van der Waals surface area contributed by atoms with Crippen LogP contribution in [0.3, 0.4) is 0 Å². The molecule has 0 amide bonds. The van der Waals surface area contributed by atoms with Crippen LogP contribution in [0.1, 0.15) is 0 Å². The van der Waals surface area contributed by atoms with E-state index in [2.05, 4.69) is 19.8 Å². The highest BCUT2D eigenvalue weighted by Crippen LogP contribution is 2.30. The van der Waals surface area contributed by atoms with Gasteiger partial charge >= 0.3 is 18.1 Å². The fourth-order valence-electron chi connectivity index (χ4n) is 2.83. The van der Waals surface area contributed by atoms with Crippen LogP contribution in [0.5, 0.6) is 5.75 Å². The number of aromatic nitrogens is 4. The lowest BCUT2D eigenvalue weighted by Crippen LogP contribution is -2.32. The minimum Gasteiger partial charge on any atom is -0.406 e. The van der Waals surface area contributed by atoms with E-state index in [0.717, 1.165) is 5.56 Å². The maximum absolute atomic E-state index is 12.5. The van der Waals surface area contributed by atoms with Gasteiger partial charge in [0.05, 0.1) is 17.5 Å². The van der Waals surface area contributed by atoms with Gasteiger partial charge in [-0.1, -0.05) is 30.3 Å². The Morgan fingerprint density at radius 3 is 2.50 bits per heavy atom. The lowest BCUT2D eigenvalue weighted by atomic mass is 10.1. The first-order valence-corrected chi connectivity index (χ1v) is 8.72. The summed E-state index contributed by atoms with van der Waals surface area (Å²) in [6.45, 7) is 0. The number of nitrogens with zero attached hydrogens (tertiary/aromatic N) is 4. The van der Waals surface area contributed by atoms with Crippen molar-refractivity contribution in [1.29, 1.82) is 0 Å². The highest BCUT2D eigenvalue weighted by molar-refractivity contribution is 5.69. The summed E-state index contributed by atoms with van der Waals surface area (Å²) in [7, 11) is 1.71. The van der Waals surface area contributed by atoms with E-state index in [9.17, 15) is 13.2 Å². The van der Waals surface area contributed by atoms with Crippen molar-refractivity contribution >= 4 is 5.82 Å². The highest BCUT2D eigenvalue weighted by atomic mass is 19.4. The summed E-state index contributed by atoms with van der Waals surface area (Å²) in [6.07, 6.45) is -3.44. The van der Waals surface area contributed by atoms with Gasteiger partial charge in [-0.2, -0.15) is 0 Å². The molecular weight excluding hydrogens is 399 g/mol. The van der Waals surface area contributed by atoms with E-state index in [0.29, 0.717) is 11.5 Å². The molecular formula is C20H15F3N5O2+. The Labute approximate surface area is 168 Å². The summed E-state index contributed by atoms with van der Waals surface area (Å²) in [6, 6.07) is 14.7. The molecule has 0 aliphatic rings. The summed E-state index contributed by atoms with van der Waals surface area (Å²) >= 11 is 0. The number of anilines is 1. The number of ether oxygens (including phenoxy) is 1. The summed E-state index contributed by atoms with van der Waals surface area (Å²) in [5.74, 6) is 0.320. The summed E-state index contributed by atoms with van der Waals surface area (Å²) in [4.78, 5) is 8.50. The largest absolute Gasteiger partial charge is 0.573 e. The third-order valence-corrected chi connectivity index (χ3v) is 4.12. The van der Waals surface area contributed by atoms with Crippen molar-refractivity contribution in [1.82, 2.24) is 15.1 Å². The average Bonchev–Trinajstić information content (AvgIpc) is 3.09. The van der Waals surface area contributed by atoms with Crippen molar-refractivity contribution in [2.24, 2.45) is 7.05 Å². The first-order chi connectivity index (χ1) is 14.3. The van der Waals surface area contributed by atoms with Crippen molar-refractivity contribution in [2.45, 2.75) is 6.36 Å². The Kier molecular flexibility index (Phi) is 4.82. The van der Waals surface area contributed by atoms with Gasteiger partial charge in [0.15, 0.2) is 18.6 Å². The Hall–Kier alpha value is -3.95. The zero-order chi connectivity index (χ0) is 21.3. The quantitative estimate of drug-likeness (QED) is 0.511. The molecule has 0 atom stereocenters. The van der Waals surface area contributed by atoms with Crippen LogP contribution in [-0.2, 0) is 7.05 Å². The van der Waals surface area contributed by atoms with Gasteiger partial charge in [-0.15, -0.1) is 13.2 Å². The van der Waals surface area contributed by atoms with Crippen molar-refractivity contribution in [3.63, 3.8) is 0 Å². The number of rotatable bonds is 4. The van der Waals surface area contributed by atoms with Crippen LogP contribution in [0.15, 0.2) is 65.2 Å². The third-order valence-electron chi connectivity index (χ3n) is 4.12. The van der Waals surface area contributed by atoms with Crippen molar-refractivity contribution < 1.29 is 27.0 Å². The van der Waals surface area contributed by atoms with Crippen LogP contribution in [0.2, 0.25) is 0 Å². The van der Waals surface area contributed by atoms with E-state index < -0.39 is 6.36 Å². The van der Waals surface area contributed by atoms with Crippen LogP contribution in [0, 0.1) is 0 Å². The van der Waals surface area contributed by atoms with Crippen LogP contribution >= 0.6 is 0 Å². The minimum absolute atomic E-state index is 0.0721. The number of hydrogen-bond acceptors (Lipinski definition) is 6. The molecule has 4 aromatic rings. The molecule has 7 nitrogen and oxygen atoms in total. The predicted octanol–water partition coefficient (Wildman–Crippen LogP) is 3.77. The van der Waals surface area contributed by atoms with Crippen LogP contribution in [0.4, 0.5) is 19.0 Å². The Bertz CT molecular complexity index is 1190. The Balaban J connectivity index is 1.73. The van der Waals surface area contributed by atoms with Gasteiger partial charge < -0.3 is 14.9 Å². The van der Waals surface area contributed by atoms with Gasteiger partial charge in [0, 0.05) is 10.7 Å². The number of benzene rings is 2. The molecule has 0 aliphatic heterocycles. The average molecular weight is 414 g/mol. The number of halogens is 3. The Morgan fingerprint density at radius 2 is 1.77 bits per heavy atom. The molecule has 2 aromatic heterocycles. The van der Waals surface area contributed by atoms with Crippen molar-refractivity contribution in [3.05, 3.63) is 60.8 Å². The standard InChI is InChI=1S/C20H15F3N5O2/c1-28-19(12-6-3-2-4-7-12)29-18(27-28)16-17(24)25-11-15(26-16)13-8-5-9-14(10-13)30-20(21,22)23/h2-11H,1H3,(H2,24,25)/q+1. The number of alkyl halides is 3. The van der Waals surface area contributed by atoms with Crippen LogP contribution < -0.4 is 15.2 Å². The van der Waals surface area contributed by atoms with Gasteiger partial charge in [-0.05, 0) is 28.9 Å². The molecule has 0 unspecified atom stereocenters. The fourth-order valence-corrected chi connectivity index (χ4v) is 2.83. The minimum atomic E-state index is -4.79. The van der Waals surface area contributed by atoms with E-state index in [1.807, 2.05) is 30.3 Å². The van der Waals surface area contributed by atoms with Crippen LogP contribution in [-0.4, -0.2) is 21.4 Å². The first-order valence-electron chi connectivity index (χ1n) is 8.72. The summed E-state index contributed by atoms with van der Waals surface area (Å²) in [5.41, 5.74) is 7.58. The molecule has 0 saturated carbocycles. The second-order valence-electron chi connectivity index (χ2n) is 6.27. The van der Waals surface area contributed by atoms with Crippen molar-refractivity contribution in [2.75, 3.05) is 5.73 Å². The van der Waals surface area contributed by atoms with Crippen molar-refractivity contribution in [3.8, 4) is 40.0 Å². The zero-order valence-corrected chi connectivity index (χ0v) is 15.6. The Morgan fingerprint density at radius 1 is 1.03 bits per heavy atom. The van der Waals surface area contributed by atoms with Gasteiger partial charge in [0.2, 0.25) is 0 Å². The summed E-state index contributed by atoms with van der Waals surface area (Å²) in [5, 5.41) is 4.31. The maximum atomic E-state index is 12.5. The smallest absolute Gasteiger partial charge is 0.406 e. The third kappa shape index (κ3) is 4.07. The molecule has 0 saturated heterocycles. The van der Waals surface area contributed by atoms with E-state index in [-0.39, 0.29) is 28.8 Å². The normalized spacial score (nSPS) is 11.5. The molecule has 2 aromatic carbocycles. The van der Waals surface area contributed by atoms with E-state index >= 15 is 0 Å². The topological polar surface area (TPSA) is 90.9 Å². The lowest BCUT2D eigenvalue weighted by molar-refractivity contribution is -0.719. The van der Waals surface area contributed by atoms with Gasteiger partial charge in [-0.25, -0.2) is 9.97 Å². The summed E-state index contributed by atoms with van der Waals surface area (Å²) < 4.78 is 48.9. The first kappa shape index (κ1) is 19.4. The van der Waals surface area contributed by atoms with Gasteiger partial charge in [-0.3, -0.25) is 0 Å². The molecule has 30 heavy (non-hydrogen) atoms. The molecule has 0 bridgehead atoms. The van der Waals surface area contributed by atoms with E-state index in [1.54, 1.807) is 13.1 Å². The lowest BCUT2D eigenvalue weighted by Gasteiger charge is -2.10. The van der Waals surface area contributed by atoms with E-state index in [1.165, 1.54) is 29.1 Å². The molecule has 4 rings (SSSR count). The number of nitrogens with two attached hydrogens (primary N) is 1. The predicted molar refractivity (Wildman–Crippen MR) is 101 cm³/mol.